The fourth-order valence-electron chi connectivity index (χ4n) is 2.79. The molecule has 1 saturated heterocycles. The van der Waals surface area contributed by atoms with Gasteiger partial charge in [-0.15, -0.1) is 0 Å². The molecule has 1 unspecified atom stereocenters. The summed E-state index contributed by atoms with van der Waals surface area (Å²) in [6, 6.07) is 1.60. The second-order valence-electron chi connectivity index (χ2n) is 5.64. The van der Waals surface area contributed by atoms with Gasteiger partial charge in [-0.2, -0.15) is 0 Å². The van der Waals surface area contributed by atoms with E-state index in [-0.39, 0.29) is 24.0 Å². The van der Waals surface area contributed by atoms with E-state index in [1.165, 1.54) is 6.92 Å². The van der Waals surface area contributed by atoms with Crippen LogP contribution in [0.5, 0.6) is 0 Å². The van der Waals surface area contributed by atoms with Gasteiger partial charge in [0.05, 0.1) is 0 Å². The van der Waals surface area contributed by atoms with Crippen molar-refractivity contribution in [3.63, 3.8) is 0 Å². The van der Waals surface area contributed by atoms with E-state index >= 15 is 0 Å². The molecule has 1 aromatic rings. The van der Waals surface area contributed by atoms with E-state index in [1.54, 1.807) is 28.8 Å². The summed E-state index contributed by atoms with van der Waals surface area (Å²) in [5.41, 5.74) is 0.983. The second kappa shape index (κ2) is 6.11. The van der Waals surface area contributed by atoms with Gasteiger partial charge < -0.3 is 14.6 Å². The molecular weight excluding hydrogens is 272 g/mol. The number of carbonyl (C=O) groups is 3. The van der Waals surface area contributed by atoms with E-state index in [4.69, 9.17) is 5.11 Å². The number of ketones is 1. The smallest absolute Gasteiger partial charge is 0.303 e. The van der Waals surface area contributed by atoms with Crippen LogP contribution in [0.1, 0.15) is 47.0 Å². The van der Waals surface area contributed by atoms with E-state index < -0.39 is 5.97 Å². The van der Waals surface area contributed by atoms with Crippen molar-refractivity contribution in [2.75, 3.05) is 13.1 Å². The van der Waals surface area contributed by atoms with Crippen molar-refractivity contribution in [2.24, 2.45) is 13.0 Å². The molecule has 0 spiro atoms. The number of amides is 1. The first-order chi connectivity index (χ1) is 9.88. The minimum absolute atomic E-state index is 0.00717. The number of aryl methyl sites for hydroxylation is 1. The molecule has 21 heavy (non-hydrogen) atoms. The van der Waals surface area contributed by atoms with E-state index in [0.717, 1.165) is 12.8 Å². The number of Topliss-reactive ketones (excluding diaryl/α,β-unsaturated/α-hetero) is 1. The molecule has 6 heteroatoms. The maximum atomic E-state index is 12.5. The fraction of sp³-hybridized carbons (Fsp3) is 0.533. The lowest BCUT2D eigenvalue weighted by Gasteiger charge is -2.32. The largest absolute Gasteiger partial charge is 0.481 e. The molecule has 0 radical (unpaired) electrons. The van der Waals surface area contributed by atoms with Gasteiger partial charge in [-0.3, -0.25) is 14.4 Å². The Balaban J connectivity index is 2.12. The van der Waals surface area contributed by atoms with Gasteiger partial charge in [0.1, 0.15) is 5.69 Å². The number of likely N-dealkylation sites (tertiary alicyclic amines) is 1. The topological polar surface area (TPSA) is 79.6 Å². The summed E-state index contributed by atoms with van der Waals surface area (Å²) in [6.07, 6.45) is 3.39. The molecule has 114 valence electrons. The number of aliphatic carboxylic acids is 1. The summed E-state index contributed by atoms with van der Waals surface area (Å²) in [5, 5.41) is 8.87. The number of piperidine rings is 1. The predicted molar refractivity (Wildman–Crippen MR) is 76.3 cm³/mol. The van der Waals surface area contributed by atoms with E-state index in [0.29, 0.717) is 24.3 Å². The molecule has 1 aromatic heterocycles. The van der Waals surface area contributed by atoms with Crippen molar-refractivity contribution in [3.8, 4) is 0 Å². The van der Waals surface area contributed by atoms with Crippen molar-refractivity contribution in [3.05, 3.63) is 23.5 Å². The van der Waals surface area contributed by atoms with Crippen molar-refractivity contribution in [1.82, 2.24) is 9.47 Å². The minimum Gasteiger partial charge on any atom is -0.481 e. The van der Waals surface area contributed by atoms with Crippen LogP contribution in [0.4, 0.5) is 0 Å². The van der Waals surface area contributed by atoms with Crippen LogP contribution in [0.3, 0.4) is 0 Å². The molecule has 1 N–H and O–H groups in total. The highest BCUT2D eigenvalue weighted by Crippen LogP contribution is 2.22. The zero-order chi connectivity index (χ0) is 15.6. The van der Waals surface area contributed by atoms with Crippen LogP contribution in [0, 0.1) is 5.92 Å². The molecule has 0 bridgehead atoms. The van der Waals surface area contributed by atoms with E-state index in [2.05, 4.69) is 0 Å². The third kappa shape index (κ3) is 3.51. The van der Waals surface area contributed by atoms with Crippen LogP contribution in [-0.2, 0) is 11.8 Å². The number of nitrogens with zero attached hydrogens (tertiary/aromatic N) is 2. The summed E-state index contributed by atoms with van der Waals surface area (Å²) < 4.78 is 1.65. The first-order valence-electron chi connectivity index (χ1n) is 7.07. The summed E-state index contributed by atoms with van der Waals surface area (Å²) in [5.74, 6) is -1.04. The van der Waals surface area contributed by atoms with Crippen molar-refractivity contribution in [1.29, 1.82) is 0 Å². The molecule has 1 fully saturated rings. The Bertz CT molecular complexity index is 576. The minimum atomic E-state index is -0.827. The Morgan fingerprint density at radius 1 is 1.38 bits per heavy atom. The maximum absolute atomic E-state index is 12.5. The lowest BCUT2D eigenvalue weighted by Crippen LogP contribution is -2.41. The Kier molecular flexibility index (Phi) is 4.45. The van der Waals surface area contributed by atoms with Gasteiger partial charge in [0.25, 0.3) is 5.91 Å². The van der Waals surface area contributed by atoms with E-state index in [9.17, 15) is 14.4 Å². The van der Waals surface area contributed by atoms with Gasteiger partial charge in [0, 0.05) is 38.3 Å². The summed E-state index contributed by atoms with van der Waals surface area (Å²) in [7, 11) is 1.73. The van der Waals surface area contributed by atoms with Crippen LogP contribution in [0.2, 0.25) is 0 Å². The summed E-state index contributed by atoms with van der Waals surface area (Å²) >= 11 is 0. The lowest BCUT2D eigenvalue weighted by molar-refractivity contribution is -0.138. The van der Waals surface area contributed by atoms with Crippen LogP contribution in [0.25, 0.3) is 0 Å². The number of hydrogen-bond acceptors (Lipinski definition) is 3. The van der Waals surface area contributed by atoms with Gasteiger partial charge in [0.2, 0.25) is 0 Å². The number of hydrogen-bond donors (Lipinski definition) is 1. The Hall–Kier alpha value is -2.11. The molecule has 2 heterocycles. The highest BCUT2D eigenvalue weighted by atomic mass is 16.4. The zero-order valence-corrected chi connectivity index (χ0v) is 12.3. The molecule has 1 aliphatic heterocycles. The third-order valence-electron chi connectivity index (χ3n) is 3.90. The molecule has 0 aromatic carbocycles. The fourth-order valence-corrected chi connectivity index (χ4v) is 2.79. The molecular formula is C15H20N2O4. The number of carboxylic acid groups (broad SMARTS) is 1. The number of rotatable bonds is 4. The monoisotopic (exact) mass is 292 g/mol. The standard InChI is InChI=1S/C15H20N2O4/c1-10(18)12-7-13(16(2)9-12)15(21)17-5-3-4-11(8-17)6-14(19)20/h7,9,11H,3-6,8H2,1-2H3,(H,19,20). The molecule has 1 amide bonds. The Morgan fingerprint density at radius 2 is 2.10 bits per heavy atom. The average molecular weight is 292 g/mol. The first-order valence-corrected chi connectivity index (χ1v) is 7.07. The van der Waals surface area contributed by atoms with Crippen LogP contribution in [-0.4, -0.2) is 45.3 Å². The van der Waals surface area contributed by atoms with Gasteiger partial charge >= 0.3 is 5.97 Å². The number of carboxylic acids is 1. The van der Waals surface area contributed by atoms with E-state index in [1.807, 2.05) is 0 Å². The van der Waals surface area contributed by atoms with Gasteiger partial charge in [-0.1, -0.05) is 0 Å². The molecule has 6 nitrogen and oxygen atoms in total. The molecule has 0 saturated carbocycles. The van der Waals surface area contributed by atoms with Gasteiger partial charge in [-0.25, -0.2) is 0 Å². The number of aromatic nitrogens is 1. The second-order valence-corrected chi connectivity index (χ2v) is 5.64. The van der Waals surface area contributed by atoms with Crippen LogP contribution < -0.4 is 0 Å². The predicted octanol–water partition coefficient (Wildman–Crippen LogP) is 1.55. The lowest BCUT2D eigenvalue weighted by atomic mass is 9.94. The maximum Gasteiger partial charge on any atom is 0.303 e. The van der Waals surface area contributed by atoms with Crippen LogP contribution in [0.15, 0.2) is 12.3 Å². The molecule has 2 rings (SSSR count). The van der Waals surface area contributed by atoms with Gasteiger partial charge in [-0.05, 0) is 31.7 Å². The normalized spacial score (nSPS) is 18.6. The highest BCUT2D eigenvalue weighted by Gasteiger charge is 2.27. The quantitative estimate of drug-likeness (QED) is 0.854. The van der Waals surface area contributed by atoms with Crippen molar-refractivity contribution in [2.45, 2.75) is 26.2 Å². The average Bonchev–Trinajstić information content (AvgIpc) is 2.80. The SMILES string of the molecule is CC(=O)c1cc(C(=O)N2CCCC(CC(=O)O)C2)n(C)c1. The number of carbonyl (C=O) groups excluding carboxylic acids is 2. The summed E-state index contributed by atoms with van der Waals surface area (Å²) in [4.78, 5) is 36.4. The summed E-state index contributed by atoms with van der Waals surface area (Å²) in [6.45, 7) is 2.56. The Morgan fingerprint density at radius 3 is 2.67 bits per heavy atom. The zero-order valence-electron chi connectivity index (χ0n) is 12.3. The van der Waals surface area contributed by atoms with Crippen molar-refractivity contribution < 1.29 is 19.5 Å². The van der Waals surface area contributed by atoms with Gasteiger partial charge in [0.15, 0.2) is 5.78 Å². The highest BCUT2D eigenvalue weighted by molar-refractivity contribution is 5.99. The molecule has 0 aliphatic carbocycles. The third-order valence-corrected chi connectivity index (χ3v) is 3.90. The first kappa shape index (κ1) is 15.3. The van der Waals surface area contributed by atoms with Crippen molar-refractivity contribution >= 4 is 17.7 Å². The molecule has 1 aliphatic rings. The Labute approximate surface area is 123 Å². The van der Waals surface area contributed by atoms with Crippen LogP contribution >= 0.6 is 0 Å². The molecule has 1 atom stereocenters.